The smallest absolute Gasteiger partial charge is 0.338 e. The number of carbonyl (C=O) groups excluding carboxylic acids is 1. The molecule has 0 bridgehead atoms. The average molecular weight is 232 g/mol. The van der Waals surface area contributed by atoms with E-state index >= 15 is 0 Å². The van der Waals surface area contributed by atoms with Crippen molar-refractivity contribution in [1.82, 2.24) is 0 Å². The van der Waals surface area contributed by atoms with Crippen LogP contribution in [-0.4, -0.2) is 23.3 Å². The van der Waals surface area contributed by atoms with Gasteiger partial charge in [-0.3, -0.25) is 0 Å². The van der Waals surface area contributed by atoms with E-state index in [2.05, 4.69) is 11.8 Å². The lowest BCUT2D eigenvalue weighted by Gasteiger charge is -2.06. The zero-order valence-corrected chi connectivity index (χ0v) is 10.3. The zero-order valence-electron chi connectivity index (χ0n) is 10.3. The molecule has 0 spiro atoms. The van der Waals surface area contributed by atoms with Crippen LogP contribution in [0.15, 0.2) is 24.3 Å². The number of benzene rings is 1. The third-order valence-corrected chi connectivity index (χ3v) is 1.91. The first kappa shape index (κ1) is 13.3. The lowest BCUT2D eigenvalue weighted by molar-refractivity contribution is 0.0526. The standard InChI is InChI=1S/C14H16O3/c1-4-17-13(15)12-7-5-11(6-8-12)9-10-14(2,3)16/h5-8,16H,4H2,1-3H3. The molecule has 0 aromatic heterocycles. The van der Waals surface area contributed by atoms with E-state index in [0.29, 0.717) is 12.2 Å². The Morgan fingerprint density at radius 2 is 1.94 bits per heavy atom. The second-order valence-electron chi connectivity index (χ2n) is 4.11. The van der Waals surface area contributed by atoms with Gasteiger partial charge >= 0.3 is 5.97 Å². The third kappa shape index (κ3) is 4.71. The number of aliphatic hydroxyl groups is 1. The molecule has 1 aromatic rings. The number of carbonyl (C=O) groups is 1. The van der Waals surface area contributed by atoms with Gasteiger partial charge in [-0.25, -0.2) is 4.79 Å². The summed E-state index contributed by atoms with van der Waals surface area (Å²) in [7, 11) is 0. The summed E-state index contributed by atoms with van der Waals surface area (Å²) in [5, 5.41) is 9.44. The van der Waals surface area contributed by atoms with Gasteiger partial charge in [0.05, 0.1) is 12.2 Å². The minimum absolute atomic E-state index is 0.338. The third-order valence-electron chi connectivity index (χ3n) is 1.91. The minimum atomic E-state index is -1.01. The molecule has 1 N–H and O–H groups in total. The van der Waals surface area contributed by atoms with Crippen molar-refractivity contribution >= 4 is 5.97 Å². The number of hydrogen-bond acceptors (Lipinski definition) is 3. The van der Waals surface area contributed by atoms with Gasteiger partial charge in [0.25, 0.3) is 0 Å². The summed E-state index contributed by atoms with van der Waals surface area (Å²) >= 11 is 0. The summed E-state index contributed by atoms with van der Waals surface area (Å²) in [4.78, 5) is 11.4. The Hall–Kier alpha value is -1.79. The largest absolute Gasteiger partial charge is 0.462 e. The van der Waals surface area contributed by atoms with Crippen LogP contribution in [0.2, 0.25) is 0 Å². The lowest BCUT2D eigenvalue weighted by atomic mass is 10.1. The van der Waals surface area contributed by atoms with Crippen LogP contribution in [0.3, 0.4) is 0 Å². The van der Waals surface area contributed by atoms with E-state index in [-0.39, 0.29) is 5.97 Å². The highest BCUT2D eigenvalue weighted by Crippen LogP contribution is 2.06. The molecule has 17 heavy (non-hydrogen) atoms. The Morgan fingerprint density at radius 3 is 2.41 bits per heavy atom. The number of rotatable bonds is 2. The summed E-state index contributed by atoms with van der Waals surface area (Å²) in [6, 6.07) is 6.77. The van der Waals surface area contributed by atoms with E-state index in [1.165, 1.54) is 0 Å². The molecule has 0 atom stereocenters. The Labute approximate surface area is 101 Å². The predicted molar refractivity (Wildman–Crippen MR) is 65.6 cm³/mol. The second-order valence-corrected chi connectivity index (χ2v) is 4.11. The SMILES string of the molecule is CCOC(=O)c1ccc(C#CC(C)(C)O)cc1. The van der Waals surface area contributed by atoms with Gasteiger partial charge in [0.15, 0.2) is 0 Å². The summed E-state index contributed by atoms with van der Waals surface area (Å²) in [6.07, 6.45) is 0. The van der Waals surface area contributed by atoms with Crippen molar-refractivity contribution in [3.63, 3.8) is 0 Å². The molecule has 0 aliphatic heterocycles. The lowest BCUT2D eigenvalue weighted by Crippen LogP contribution is -2.14. The monoisotopic (exact) mass is 232 g/mol. The van der Waals surface area contributed by atoms with E-state index in [0.717, 1.165) is 5.56 Å². The van der Waals surface area contributed by atoms with Gasteiger partial charge < -0.3 is 9.84 Å². The van der Waals surface area contributed by atoms with Crippen molar-refractivity contribution in [3.05, 3.63) is 35.4 Å². The maximum atomic E-state index is 11.4. The van der Waals surface area contributed by atoms with E-state index in [9.17, 15) is 9.90 Å². The normalized spacial score (nSPS) is 10.4. The molecule has 0 aliphatic rings. The fourth-order valence-electron chi connectivity index (χ4n) is 1.13. The van der Waals surface area contributed by atoms with Crippen LogP contribution in [0.4, 0.5) is 0 Å². The number of esters is 1. The van der Waals surface area contributed by atoms with Gasteiger partial charge in [0.1, 0.15) is 5.60 Å². The van der Waals surface area contributed by atoms with Crippen LogP contribution < -0.4 is 0 Å². The maximum Gasteiger partial charge on any atom is 0.338 e. The molecule has 3 heteroatoms. The van der Waals surface area contributed by atoms with Crippen LogP contribution in [0, 0.1) is 11.8 Å². The second kappa shape index (κ2) is 5.51. The Bertz CT molecular complexity index is 441. The van der Waals surface area contributed by atoms with Crippen LogP contribution >= 0.6 is 0 Å². The van der Waals surface area contributed by atoms with Gasteiger partial charge in [-0.2, -0.15) is 0 Å². The molecule has 0 heterocycles. The molecule has 0 saturated carbocycles. The van der Waals surface area contributed by atoms with E-state index in [1.807, 2.05) is 0 Å². The first-order valence-corrected chi connectivity index (χ1v) is 5.45. The highest BCUT2D eigenvalue weighted by atomic mass is 16.5. The molecule has 3 nitrogen and oxygen atoms in total. The summed E-state index contributed by atoms with van der Waals surface area (Å²) in [5.41, 5.74) is 0.237. The number of ether oxygens (including phenoxy) is 1. The fourth-order valence-corrected chi connectivity index (χ4v) is 1.13. The molecule has 90 valence electrons. The highest BCUT2D eigenvalue weighted by molar-refractivity contribution is 5.89. The van der Waals surface area contributed by atoms with E-state index in [1.54, 1.807) is 45.0 Å². The van der Waals surface area contributed by atoms with Crippen LogP contribution in [-0.2, 0) is 4.74 Å². The van der Waals surface area contributed by atoms with Crippen molar-refractivity contribution in [2.75, 3.05) is 6.61 Å². The van der Waals surface area contributed by atoms with Crippen LogP contribution in [0.1, 0.15) is 36.7 Å². The predicted octanol–water partition coefficient (Wildman–Crippen LogP) is 1.99. The van der Waals surface area contributed by atoms with E-state index in [4.69, 9.17) is 4.74 Å². The zero-order chi connectivity index (χ0) is 12.9. The molecule has 0 unspecified atom stereocenters. The fraction of sp³-hybridized carbons (Fsp3) is 0.357. The van der Waals surface area contributed by atoms with Gasteiger partial charge in [-0.15, -0.1) is 0 Å². The van der Waals surface area contributed by atoms with E-state index < -0.39 is 5.60 Å². The topological polar surface area (TPSA) is 46.5 Å². The molecule has 0 saturated heterocycles. The molecule has 0 aliphatic carbocycles. The van der Waals surface area contributed by atoms with Crippen molar-refractivity contribution in [3.8, 4) is 11.8 Å². The quantitative estimate of drug-likeness (QED) is 0.626. The summed E-state index contributed by atoms with van der Waals surface area (Å²) in [5.74, 6) is 5.19. The van der Waals surface area contributed by atoms with Crippen molar-refractivity contribution in [2.45, 2.75) is 26.4 Å². The molecule has 1 aromatic carbocycles. The molecular weight excluding hydrogens is 216 g/mol. The van der Waals surface area contributed by atoms with Crippen LogP contribution in [0.25, 0.3) is 0 Å². The minimum Gasteiger partial charge on any atom is -0.462 e. The molecule has 0 amide bonds. The summed E-state index contributed by atoms with van der Waals surface area (Å²) in [6.45, 7) is 5.36. The van der Waals surface area contributed by atoms with Gasteiger partial charge in [-0.1, -0.05) is 11.8 Å². The molecular formula is C14H16O3. The summed E-state index contributed by atoms with van der Waals surface area (Å²) < 4.78 is 4.87. The van der Waals surface area contributed by atoms with Crippen molar-refractivity contribution in [2.24, 2.45) is 0 Å². The maximum absolute atomic E-state index is 11.4. The van der Waals surface area contributed by atoms with Crippen LogP contribution in [0.5, 0.6) is 0 Å². The van der Waals surface area contributed by atoms with Gasteiger partial charge in [-0.05, 0) is 45.0 Å². The number of hydrogen-bond donors (Lipinski definition) is 1. The first-order chi connectivity index (χ1) is 7.92. The van der Waals surface area contributed by atoms with Gasteiger partial charge in [0, 0.05) is 5.56 Å². The average Bonchev–Trinajstić information content (AvgIpc) is 2.26. The molecule has 0 fully saturated rings. The Balaban J connectivity index is 2.81. The van der Waals surface area contributed by atoms with Gasteiger partial charge in [0.2, 0.25) is 0 Å². The van der Waals surface area contributed by atoms with Crippen molar-refractivity contribution < 1.29 is 14.6 Å². The first-order valence-electron chi connectivity index (χ1n) is 5.45. The Kier molecular flexibility index (Phi) is 4.30. The van der Waals surface area contributed by atoms with Crippen molar-refractivity contribution in [1.29, 1.82) is 0 Å². The Morgan fingerprint density at radius 1 is 1.35 bits per heavy atom. The molecule has 1 rings (SSSR count). The molecule has 0 radical (unpaired) electrons. The highest BCUT2D eigenvalue weighted by Gasteiger charge is 2.07.